The van der Waals surface area contributed by atoms with E-state index in [0.29, 0.717) is 11.3 Å². The fourth-order valence-electron chi connectivity index (χ4n) is 2.46. The number of benzene rings is 1. The normalized spacial score (nSPS) is 11.2. The molecule has 0 amide bonds. The lowest BCUT2D eigenvalue weighted by atomic mass is 10.0. The van der Waals surface area contributed by atoms with Crippen molar-refractivity contribution in [3.8, 4) is 17.3 Å². The minimum Gasteiger partial charge on any atom is -0.462 e. The molecule has 2 aromatic heterocycles. The summed E-state index contributed by atoms with van der Waals surface area (Å²) in [7, 11) is 0. The maximum Gasteiger partial charge on any atom is 0.348 e. The van der Waals surface area contributed by atoms with Crippen LogP contribution in [0.4, 0.5) is 0 Å². The lowest BCUT2D eigenvalue weighted by molar-refractivity contribution is -0.137. The monoisotopic (exact) mass is 317 g/mol. The summed E-state index contributed by atoms with van der Waals surface area (Å²) in [6, 6.07) is 17.2. The molecule has 118 valence electrons. The van der Waals surface area contributed by atoms with Crippen LogP contribution in [0, 0.1) is 11.3 Å². The van der Waals surface area contributed by atoms with Crippen LogP contribution in [0.25, 0.3) is 22.9 Å². The summed E-state index contributed by atoms with van der Waals surface area (Å²) in [6.45, 7) is 1.93. The predicted molar refractivity (Wildman–Crippen MR) is 90.9 cm³/mol. The molecule has 0 bridgehead atoms. The summed E-state index contributed by atoms with van der Waals surface area (Å²) in [4.78, 5) is 11.9. The van der Waals surface area contributed by atoms with Gasteiger partial charge in [0.1, 0.15) is 17.3 Å². The summed E-state index contributed by atoms with van der Waals surface area (Å²) < 4.78 is 6.67. The Morgan fingerprint density at radius 3 is 2.71 bits per heavy atom. The number of hydrogen-bond donors (Lipinski definition) is 0. The van der Waals surface area contributed by atoms with Gasteiger partial charge in [-0.05, 0) is 25.1 Å². The average molecular weight is 317 g/mol. The standard InChI is InChI=1S/C19H15N3O2/c1-2-24-19(23)15(13-20)12-16-17-10-6-7-11-22(17)21-18(16)14-8-4-3-5-9-14/h3-12H,2H2,1H3. The molecule has 0 aliphatic carbocycles. The molecule has 0 spiro atoms. The van der Waals surface area contributed by atoms with Crippen LogP contribution in [0.15, 0.2) is 60.3 Å². The molecule has 0 aliphatic rings. The Labute approximate surface area is 139 Å². The maximum absolute atomic E-state index is 11.9. The minimum atomic E-state index is -0.630. The van der Waals surface area contributed by atoms with Crippen LogP contribution in [0.2, 0.25) is 0 Å². The molecule has 1 aromatic carbocycles. The molecule has 0 fully saturated rings. The number of nitrogens with zero attached hydrogens (tertiary/aromatic N) is 3. The zero-order valence-corrected chi connectivity index (χ0v) is 13.1. The summed E-state index contributed by atoms with van der Waals surface area (Å²) >= 11 is 0. The first-order valence-electron chi connectivity index (χ1n) is 7.56. The third kappa shape index (κ3) is 2.90. The van der Waals surface area contributed by atoms with E-state index in [2.05, 4.69) is 5.10 Å². The van der Waals surface area contributed by atoms with Crippen molar-refractivity contribution in [3.63, 3.8) is 0 Å². The van der Waals surface area contributed by atoms with E-state index < -0.39 is 5.97 Å². The zero-order valence-electron chi connectivity index (χ0n) is 13.1. The van der Waals surface area contributed by atoms with Gasteiger partial charge in [-0.2, -0.15) is 10.4 Å². The van der Waals surface area contributed by atoms with Crippen molar-refractivity contribution in [1.82, 2.24) is 9.61 Å². The number of esters is 1. The molecule has 24 heavy (non-hydrogen) atoms. The van der Waals surface area contributed by atoms with Crippen LogP contribution in [0.1, 0.15) is 12.5 Å². The fourth-order valence-corrected chi connectivity index (χ4v) is 2.46. The molecule has 0 radical (unpaired) electrons. The van der Waals surface area contributed by atoms with E-state index in [0.717, 1.165) is 11.1 Å². The zero-order chi connectivity index (χ0) is 16.9. The Balaban J connectivity index is 2.22. The molecular weight excluding hydrogens is 302 g/mol. The summed E-state index contributed by atoms with van der Waals surface area (Å²) in [5.74, 6) is -0.630. The van der Waals surface area contributed by atoms with Gasteiger partial charge in [-0.3, -0.25) is 0 Å². The van der Waals surface area contributed by atoms with Gasteiger partial charge < -0.3 is 4.74 Å². The van der Waals surface area contributed by atoms with E-state index in [4.69, 9.17) is 4.74 Å². The summed E-state index contributed by atoms with van der Waals surface area (Å²) in [5.41, 5.74) is 3.10. The number of ether oxygens (including phenoxy) is 1. The second kappa shape index (κ2) is 6.80. The quantitative estimate of drug-likeness (QED) is 0.420. The van der Waals surface area contributed by atoms with Crippen molar-refractivity contribution in [1.29, 1.82) is 5.26 Å². The number of carbonyl (C=O) groups is 1. The maximum atomic E-state index is 11.9. The molecule has 3 aromatic rings. The van der Waals surface area contributed by atoms with Crippen LogP contribution in [0.5, 0.6) is 0 Å². The van der Waals surface area contributed by atoms with Crippen LogP contribution >= 0.6 is 0 Å². The van der Waals surface area contributed by atoms with E-state index in [1.807, 2.05) is 60.8 Å². The number of rotatable bonds is 4. The Bertz CT molecular complexity index is 950. The van der Waals surface area contributed by atoms with Gasteiger partial charge in [0, 0.05) is 17.3 Å². The van der Waals surface area contributed by atoms with Crippen LogP contribution in [-0.4, -0.2) is 22.2 Å². The van der Waals surface area contributed by atoms with Gasteiger partial charge in [0.2, 0.25) is 0 Å². The Morgan fingerprint density at radius 1 is 1.25 bits per heavy atom. The first kappa shape index (κ1) is 15.5. The summed E-state index contributed by atoms with van der Waals surface area (Å²) in [5, 5.41) is 13.9. The first-order valence-corrected chi connectivity index (χ1v) is 7.56. The van der Waals surface area contributed by atoms with E-state index in [1.165, 1.54) is 0 Å². The molecule has 5 nitrogen and oxygen atoms in total. The number of hydrogen-bond acceptors (Lipinski definition) is 4. The molecule has 0 atom stereocenters. The first-order chi connectivity index (χ1) is 11.7. The van der Waals surface area contributed by atoms with Gasteiger partial charge in [0.25, 0.3) is 0 Å². The Morgan fingerprint density at radius 2 is 2.00 bits per heavy atom. The molecule has 0 unspecified atom stereocenters. The van der Waals surface area contributed by atoms with Gasteiger partial charge in [-0.25, -0.2) is 9.31 Å². The number of carbonyl (C=O) groups excluding carboxylic acids is 1. The molecule has 2 heterocycles. The lowest BCUT2D eigenvalue weighted by Crippen LogP contribution is -2.06. The second-order valence-electron chi connectivity index (χ2n) is 5.05. The van der Waals surface area contributed by atoms with Gasteiger partial charge >= 0.3 is 5.97 Å². The number of aromatic nitrogens is 2. The van der Waals surface area contributed by atoms with Crippen molar-refractivity contribution < 1.29 is 9.53 Å². The van der Waals surface area contributed by atoms with Crippen molar-refractivity contribution in [3.05, 3.63) is 65.9 Å². The molecule has 5 heteroatoms. The fraction of sp³-hybridized carbons (Fsp3) is 0.105. The van der Waals surface area contributed by atoms with Gasteiger partial charge in [0.05, 0.1) is 12.1 Å². The smallest absolute Gasteiger partial charge is 0.348 e. The molecule has 0 saturated carbocycles. The number of pyridine rings is 1. The highest BCUT2D eigenvalue weighted by Gasteiger charge is 2.16. The molecule has 0 saturated heterocycles. The highest BCUT2D eigenvalue weighted by atomic mass is 16.5. The number of nitriles is 1. The van der Waals surface area contributed by atoms with Crippen LogP contribution < -0.4 is 0 Å². The second-order valence-corrected chi connectivity index (χ2v) is 5.05. The lowest BCUT2D eigenvalue weighted by Gasteiger charge is -2.01. The van der Waals surface area contributed by atoms with Crippen molar-refractivity contribution in [2.75, 3.05) is 6.61 Å². The summed E-state index contributed by atoms with van der Waals surface area (Å²) in [6.07, 6.45) is 3.37. The average Bonchev–Trinajstić information content (AvgIpc) is 2.99. The SMILES string of the molecule is CCOC(=O)C(C#N)=Cc1c(-c2ccccc2)nn2ccccc12. The molecule has 3 rings (SSSR count). The van der Waals surface area contributed by atoms with Crippen LogP contribution in [-0.2, 0) is 9.53 Å². The third-order valence-corrected chi connectivity index (χ3v) is 3.53. The molecule has 0 aliphatic heterocycles. The third-order valence-electron chi connectivity index (χ3n) is 3.53. The molecule has 0 N–H and O–H groups in total. The highest BCUT2D eigenvalue weighted by molar-refractivity contribution is 6.00. The topological polar surface area (TPSA) is 67.4 Å². The van der Waals surface area contributed by atoms with E-state index >= 15 is 0 Å². The van der Waals surface area contributed by atoms with Crippen molar-refractivity contribution in [2.24, 2.45) is 0 Å². The molecular formula is C19H15N3O2. The Kier molecular flexibility index (Phi) is 4.39. The van der Waals surface area contributed by atoms with Crippen LogP contribution in [0.3, 0.4) is 0 Å². The number of fused-ring (bicyclic) bond motifs is 1. The van der Waals surface area contributed by atoms with Crippen molar-refractivity contribution >= 4 is 17.6 Å². The minimum absolute atomic E-state index is 0.0483. The largest absolute Gasteiger partial charge is 0.462 e. The predicted octanol–water partition coefficient (Wildman–Crippen LogP) is 3.47. The van der Waals surface area contributed by atoms with E-state index in [9.17, 15) is 10.1 Å². The van der Waals surface area contributed by atoms with Gasteiger partial charge in [-0.15, -0.1) is 0 Å². The van der Waals surface area contributed by atoms with Gasteiger partial charge in [-0.1, -0.05) is 36.4 Å². The van der Waals surface area contributed by atoms with Gasteiger partial charge in [0.15, 0.2) is 0 Å². The van der Waals surface area contributed by atoms with Crippen molar-refractivity contribution in [2.45, 2.75) is 6.92 Å². The highest BCUT2D eigenvalue weighted by Crippen LogP contribution is 2.28. The Hall–Kier alpha value is -3.39. The van der Waals surface area contributed by atoms with E-state index in [-0.39, 0.29) is 12.2 Å². The van der Waals surface area contributed by atoms with E-state index in [1.54, 1.807) is 17.5 Å².